The van der Waals surface area contributed by atoms with E-state index in [1.54, 1.807) is 17.8 Å². The minimum absolute atomic E-state index is 0.0142. The maximum atomic E-state index is 13.2. The summed E-state index contributed by atoms with van der Waals surface area (Å²) in [5.74, 6) is 0.646. The summed E-state index contributed by atoms with van der Waals surface area (Å²) in [7, 11) is 1.57. The second-order valence-corrected chi connectivity index (χ2v) is 9.46. The Bertz CT molecular complexity index is 1340. The van der Waals surface area contributed by atoms with Crippen LogP contribution in [0.25, 0.3) is 16.6 Å². The van der Waals surface area contributed by atoms with Gasteiger partial charge in [-0.2, -0.15) is 15.5 Å². The number of hydrogen-bond acceptors (Lipinski definition) is 6. The standard InChI is InChI=1S/C26H29N7O3/c1-3-24(34)30-21-6-4-17(5-7-21)26(35)31-9-8-22(16-31)32-15-20(13-28-32)18-10-23(36-2)25-19(11-27)12-29-33(25)14-18/h3,10,12-15,17,21-22H,1,4-9,16H2,2H3,(H,30,34)/t17-,21-,22-/m1/s1. The molecule has 3 aromatic rings. The van der Waals surface area contributed by atoms with Crippen LogP contribution in [0.3, 0.4) is 0 Å². The number of nitrogens with one attached hydrogen (secondary N) is 1. The largest absolute Gasteiger partial charge is 0.494 e. The van der Waals surface area contributed by atoms with E-state index >= 15 is 0 Å². The second kappa shape index (κ2) is 9.85. The zero-order valence-corrected chi connectivity index (χ0v) is 20.3. The van der Waals surface area contributed by atoms with Gasteiger partial charge in [0.1, 0.15) is 22.9 Å². The van der Waals surface area contributed by atoms with Gasteiger partial charge in [0.2, 0.25) is 11.8 Å². The van der Waals surface area contributed by atoms with Crippen LogP contribution >= 0.6 is 0 Å². The van der Waals surface area contributed by atoms with E-state index in [0.29, 0.717) is 23.4 Å². The molecule has 2 amide bonds. The van der Waals surface area contributed by atoms with Crippen molar-refractivity contribution in [3.63, 3.8) is 0 Å². The minimum Gasteiger partial charge on any atom is -0.494 e. The van der Waals surface area contributed by atoms with Gasteiger partial charge in [0, 0.05) is 48.6 Å². The lowest BCUT2D eigenvalue weighted by molar-refractivity contribution is -0.135. The van der Waals surface area contributed by atoms with Crippen molar-refractivity contribution in [1.29, 1.82) is 5.26 Å². The van der Waals surface area contributed by atoms with Crippen molar-refractivity contribution in [2.24, 2.45) is 5.92 Å². The van der Waals surface area contributed by atoms with Crippen molar-refractivity contribution in [3.05, 3.63) is 49.1 Å². The van der Waals surface area contributed by atoms with Crippen LogP contribution in [0.2, 0.25) is 0 Å². The molecule has 0 unspecified atom stereocenters. The van der Waals surface area contributed by atoms with Crippen LogP contribution in [0.5, 0.6) is 5.75 Å². The van der Waals surface area contributed by atoms with Gasteiger partial charge in [0.05, 0.1) is 25.5 Å². The van der Waals surface area contributed by atoms with E-state index in [4.69, 9.17) is 4.74 Å². The molecular weight excluding hydrogens is 458 g/mol. The monoisotopic (exact) mass is 487 g/mol. The highest BCUT2D eigenvalue weighted by atomic mass is 16.5. The van der Waals surface area contributed by atoms with Crippen LogP contribution in [0.4, 0.5) is 0 Å². The molecule has 36 heavy (non-hydrogen) atoms. The Balaban J connectivity index is 1.24. The van der Waals surface area contributed by atoms with Gasteiger partial charge in [0.25, 0.3) is 0 Å². The Morgan fingerprint density at radius 3 is 2.69 bits per heavy atom. The van der Waals surface area contributed by atoms with E-state index in [9.17, 15) is 14.9 Å². The lowest BCUT2D eigenvalue weighted by atomic mass is 9.85. The minimum atomic E-state index is -0.152. The normalized spacial score (nSPS) is 21.8. The number of hydrogen-bond donors (Lipinski definition) is 1. The number of ether oxygens (including phenoxy) is 1. The van der Waals surface area contributed by atoms with Crippen LogP contribution in [-0.4, -0.2) is 62.3 Å². The smallest absolute Gasteiger partial charge is 0.243 e. The van der Waals surface area contributed by atoms with Crippen molar-refractivity contribution in [3.8, 4) is 22.9 Å². The Morgan fingerprint density at radius 2 is 1.97 bits per heavy atom. The first-order valence-electron chi connectivity index (χ1n) is 12.2. The number of methoxy groups -OCH3 is 1. The molecule has 0 spiro atoms. The number of carbonyl (C=O) groups excluding carboxylic acids is 2. The van der Waals surface area contributed by atoms with Crippen molar-refractivity contribution in [1.82, 2.24) is 29.6 Å². The number of amides is 2. The lowest BCUT2D eigenvalue weighted by Crippen LogP contribution is -2.41. The molecule has 186 valence electrons. The molecule has 3 aromatic heterocycles. The molecule has 1 aliphatic heterocycles. The molecule has 10 heteroatoms. The first-order valence-corrected chi connectivity index (χ1v) is 12.2. The average Bonchev–Trinajstić information content (AvgIpc) is 3.67. The maximum absolute atomic E-state index is 13.2. The fourth-order valence-electron chi connectivity index (χ4n) is 5.33. The maximum Gasteiger partial charge on any atom is 0.243 e. The topological polar surface area (TPSA) is 118 Å². The molecule has 0 bridgehead atoms. The molecular formula is C26H29N7O3. The van der Waals surface area contributed by atoms with Crippen LogP contribution in [0.1, 0.15) is 43.7 Å². The van der Waals surface area contributed by atoms with Gasteiger partial charge < -0.3 is 15.0 Å². The van der Waals surface area contributed by atoms with Gasteiger partial charge in [-0.1, -0.05) is 6.58 Å². The van der Waals surface area contributed by atoms with Crippen molar-refractivity contribution < 1.29 is 14.3 Å². The number of nitrogens with zero attached hydrogens (tertiary/aromatic N) is 6. The summed E-state index contributed by atoms with van der Waals surface area (Å²) in [6.45, 7) is 4.85. The molecule has 1 aliphatic carbocycles. The van der Waals surface area contributed by atoms with Gasteiger partial charge in [-0.15, -0.1) is 0 Å². The van der Waals surface area contributed by atoms with Gasteiger partial charge >= 0.3 is 0 Å². The first-order chi connectivity index (χ1) is 17.5. The Hall–Kier alpha value is -4.13. The molecule has 1 N–H and O–H groups in total. The van der Waals surface area contributed by atoms with Crippen LogP contribution in [0, 0.1) is 17.2 Å². The third-order valence-electron chi connectivity index (χ3n) is 7.31. The van der Waals surface area contributed by atoms with E-state index in [1.807, 2.05) is 28.0 Å². The summed E-state index contributed by atoms with van der Waals surface area (Å²) in [5, 5.41) is 21.1. The summed E-state index contributed by atoms with van der Waals surface area (Å²) < 4.78 is 9.10. The van der Waals surface area contributed by atoms with Gasteiger partial charge in [-0.05, 0) is 44.2 Å². The molecule has 5 rings (SSSR count). The number of carbonyl (C=O) groups is 2. The Kier molecular flexibility index (Phi) is 6.46. The van der Waals surface area contributed by atoms with Gasteiger partial charge in [-0.25, -0.2) is 4.52 Å². The molecule has 1 atom stereocenters. The fourth-order valence-corrected chi connectivity index (χ4v) is 5.33. The van der Waals surface area contributed by atoms with Crippen molar-refractivity contribution >= 4 is 17.3 Å². The third-order valence-corrected chi connectivity index (χ3v) is 7.31. The van der Waals surface area contributed by atoms with E-state index < -0.39 is 0 Å². The highest BCUT2D eigenvalue weighted by Crippen LogP contribution is 2.32. The van der Waals surface area contributed by atoms with Crippen molar-refractivity contribution in [2.75, 3.05) is 20.2 Å². The SMILES string of the molecule is C=CC(=O)N[C@H]1CC[C@H](C(=O)N2CC[C@@H](n3cc(-c4cc(OC)c5c(C#N)cnn5c4)cn3)C2)CC1. The summed E-state index contributed by atoms with van der Waals surface area (Å²) in [4.78, 5) is 26.7. The number of aromatic nitrogens is 4. The van der Waals surface area contributed by atoms with Gasteiger partial charge in [0.15, 0.2) is 0 Å². The van der Waals surface area contributed by atoms with E-state index in [0.717, 1.165) is 49.8 Å². The Labute approximate surface area is 209 Å². The molecule has 1 saturated carbocycles. The van der Waals surface area contributed by atoms with Gasteiger partial charge in [-0.3, -0.25) is 14.3 Å². The highest BCUT2D eigenvalue weighted by Gasteiger charge is 2.34. The molecule has 4 heterocycles. The number of rotatable bonds is 6. The first kappa shape index (κ1) is 23.6. The van der Waals surface area contributed by atoms with Crippen LogP contribution < -0.4 is 10.1 Å². The third kappa shape index (κ3) is 4.44. The molecule has 2 aliphatic rings. The van der Waals surface area contributed by atoms with E-state index in [-0.39, 0.29) is 29.8 Å². The molecule has 0 aromatic carbocycles. The fraction of sp³-hybridized carbons (Fsp3) is 0.423. The summed E-state index contributed by atoms with van der Waals surface area (Å²) in [5.41, 5.74) is 2.89. The second-order valence-electron chi connectivity index (χ2n) is 9.46. The predicted octanol–water partition coefficient (Wildman–Crippen LogP) is 2.71. The zero-order valence-electron chi connectivity index (χ0n) is 20.3. The molecule has 2 fully saturated rings. The van der Waals surface area contributed by atoms with Crippen LogP contribution in [-0.2, 0) is 9.59 Å². The highest BCUT2D eigenvalue weighted by molar-refractivity contribution is 5.87. The Morgan fingerprint density at radius 1 is 1.17 bits per heavy atom. The number of pyridine rings is 1. The van der Waals surface area contributed by atoms with Crippen LogP contribution in [0.15, 0.2) is 43.5 Å². The molecule has 0 radical (unpaired) electrons. The summed E-state index contributed by atoms with van der Waals surface area (Å²) >= 11 is 0. The van der Waals surface area contributed by atoms with E-state index in [1.165, 1.54) is 12.3 Å². The lowest BCUT2D eigenvalue weighted by Gasteiger charge is -2.30. The van der Waals surface area contributed by atoms with E-state index in [2.05, 4.69) is 28.2 Å². The predicted molar refractivity (Wildman–Crippen MR) is 132 cm³/mol. The quantitative estimate of drug-likeness (QED) is 0.534. The molecule has 1 saturated heterocycles. The summed E-state index contributed by atoms with van der Waals surface area (Å²) in [6.07, 6.45) is 12.5. The average molecular weight is 488 g/mol. The summed E-state index contributed by atoms with van der Waals surface area (Å²) in [6, 6.07) is 4.27. The number of fused-ring (bicyclic) bond motifs is 1. The zero-order chi connectivity index (χ0) is 25.2. The number of nitriles is 1. The number of likely N-dealkylation sites (tertiary alicyclic amines) is 1. The molecule has 10 nitrogen and oxygen atoms in total. The van der Waals surface area contributed by atoms with Crippen molar-refractivity contribution in [2.45, 2.75) is 44.2 Å².